The van der Waals surface area contributed by atoms with E-state index in [1.807, 2.05) is 0 Å². The average molecular weight is 202 g/mol. The molecule has 0 atom stereocenters. The van der Waals surface area contributed by atoms with Crippen LogP contribution < -0.4 is 9.47 Å². The summed E-state index contributed by atoms with van der Waals surface area (Å²) in [6, 6.07) is 3.52. The van der Waals surface area contributed by atoms with Crippen molar-refractivity contribution >= 4 is 0 Å². The minimum atomic E-state index is -2.83. The van der Waals surface area contributed by atoms with Crippen LogP contribution in [0.15, 0.2) is 12.1 Å². The van der Waals surface area contributed by atoms with E-state index in [9.17, 15) is 8.78 Å². The standard InChI is InChI=1S/C10H12F2O2/c1-6-4-5-7(2)9(8(6)13-3)14-10(11)12/h4-5,10H,1-3H3. The maximum Gasteiger partial charge on any atom is 0.387 e. The predicted molar refractivity (Wildman–Crippen MR) is 49.1 cm³/mol. The SMILES string of the molecule is COc1c(C)ccc(C)c1OC(F)F. The number of hydrogen-bond donors (Lipinski definition) is 0. The summed E-state index contributed by atoms with van der Waals surface area (Å²) in [6.45, 7) is 0.639. The number of ether oxygens (including phenoxy) is 2. The highest BCUT2D eigenvalue weighted by molar-refractivity contribution is 5.50. The topological polar surface area (TPSA) is 18.5 Å². The summed E-state index contributed by atoms with van der Waals surface area (Å²) in [5.74, 6) is 0.479. The number of alkyl halides is 2. The molecule has 4 heteroatoms. The van der Waals surface area contributed by atoms with Crippen LogP contribution in [0, 0.1) is 13.8 Å². The Morgan fingerprint density at radius 1 is 1.07 bits per heavy atom. The zero-order chi connectivity index (χ0) is 10.7. The number of benzene rings is 1. The van der Waals surface area contributed by atoms with Crippen LogP contribution in [0.3, 0.4) is 0 Å². The van der Waals surface area contributed by atoms with E-state index in [4.69, 9.17) is 4.74 Å². The Morgan fingerprint density at radius 2 is 1.57 bits per heavy atom. The second kappa shape index (κ2) is 4.26. The number of rotatable bonds is 3. The molecule has 0 spiro atoms. The highest BCUT2D eigenvalue weighted by atomic mass is 19.3. The van der Waals surface area contributed by atoms with Gasteiger partial charge in [0.1, 0.15) is 0 Å². The van der Waals surface area contributed by atoms with Crippen molar-refractivity contribution in [3.8, 4) is 11.5 Å². The molecule has 0 heterocycles. The van der Waals surface area contributed by atoms with E-state index in [-0.39, 0.29) is 5.75 Å². The van der Waals surface area contributed by atoms with E-state index >= 15 is 0 Å². The van der Waals surface area contributed by atoms with E-state index < -0.39 is 6.61 Å². The van der Waals surface area contributed by atoms with Crippen LogP contribution in [0.4, 0.5) is 8.78 Å². The quantitative estimate of drug-likeness (QED) is 0.750. The summed E-state index contributed by atoms with van der Waals surface area (Å²) < 4.78 is 33.5. The smallest absolute Gasteiger partial charge is 0.387 e. The van der Waals surface area contributed by atoms with Gasteiger partial charge in [-0.05, 0) is 25.0 Å². The first-order valence-corrected chi connectivity index (χ1v) is 4.15. The minimum absolute atomic E-state index is 0.113. The van der Waals surface area contributed by atoms with E-state index in [0.29, 0.717) is 11.3 Å². The first kappa shape index (κ1) is 10.8. The fourth-order valence-electron chi connectivity index (χ4n) is 1.25. The lowest BCUT2D eigenvalue weighted by Gasteiger charge is -2.14. The van der Waals surface area contributed by atoms with Gasteiger partial charge >= 0.3 is 6.61 Å². The first-order chi connectivity index (χ1) is 6.56. The molecule has 0 aliphatic carbocycles. The zero-order valence-electron chi connectivity index (χ0n) is 8.30. The van der Waals surface area contributed by atoms with E-state index in [2.05, 4.69) is 4.74 Å². The van der Waals surface area contributed by atoms with E-state index in [1.165, 1.54) is 7.11 Å². The fraction of sp³-hybridized carbons (Fsp3) is 0.400. The number of methoxy groups -OCH3 is 1. The third-order valence-corrected chi connectivity index (χ3v) is 1.92. The van der Waals surface area contributed by atoms with Crippen molar-refractivity contribution in [1.29, 1.82) is 0 Å². The van der Waals surface area contributed by atoms with Gasteiger partial charge in [0.2, 0.25) is 0 Å². The third kappa shape index (κ3) is 2.13. The highest BCUT2D eigenvalue weighted by Crippen LogP contribution is 2.34. The third-order valence-electron chi connectivity index (χ3n) is 1.92. The molecule has 14 heavy (non-hydrogen) atoms. The van der Waals surface area contributed by atoms with Crippen LogP contribution in [0.25, 0.3) is 0 Å². The van der Waals surface area contributed by atoms with Crippen molar-refractivity contribution in [3.05, 3.63) is 23.3 Å². The van der Waals surface area contributed by atoms with Crippen molar-refractivity contribution < 1.29 is 18.3 Å². The Morgan fingerprint density at radius 3 is 2.00 bits per heavy atom. The summed E-state index contributed by atoms with van der Waals surface area (Å²) in [5.41, 5.74) is 1.40. The van der Waals surface area contributed by atoms with Gasteiger partial charge in [0.05, 0.1) is 7.11 Å². The zero-order valence-corrected chi connectivity index (χ0v) is 8.30. The average Bonchev–Trinajstić information content (AvgIpc) is 2.11. The van der Waals surface area contributed by atoms with Gasteiger partial charge in [-0.2, -0.15) is 8.78 Å². The molecular weight excluding hydrogens is 190 g/mol. The lowest BCUT2D eigenvalue weighted by atomic mass is 10.1. The molecule has 0 radical (unpaired) electrons. The van der Waals surface area contributed by atoms with Gasteiger partial charge in [0.25, 0.3) is 0 Å². The van der Waals surface area contributed by atoms with Gasteiger partial charge in [-0.3, -0.25) is 0 Å². The predicted octanol–water partition coefficient (Wildman–Crippen LogP) is 2.91. The van der Waals surface area contributed by atoms with Gasteiger partial charge in [0.15, 0.2) is 11.5 Å². The summed E-state index contributed by atoms with van der Waals surface area (Å²) in [4.78, 5) is 0. The van der Waals surface area contributed by atoms with Crippen molar-refractivity contribution in [2.75, 3.05) is 7.11 Å². The van der Waals surface area contributed by atoms with Crippen LogP contribution >= 0.6 is 0 Å². The molecule has 0 saturated carbocycles. The monoisotopic (exact) mass is 202 g/mol. The molecule has 0 aromatic heterocycles. The molecule has 0 fully saturated rings. The number of halogens is 2. The Kier molecular flexibility index (Phi) is 3.28. The summed E-state index contributed by atoms with van der Waals surface area (Å²) >= 11 is 0. The summed E-state index contributed by atoms with van der Waals surface area (Å²) in [7, 11) is 1.43. The highest BCUT2D eigenvalue weighted by Gasteiger charge is 2.14. The summed E-state index contributed by atoms with van der Waals surface area (Å²) in [5, 5.41) is 0. The van der Waals surface area contributed by atoms with Crippen LogP contribution in [0.5, 0.6) is 11.5 Å². The molecule has 1 rings (SSSR count). The Bertz CT molecular complexity index is 324. The normalized spacial score (nSPS) is 10.4. The van der Waals surface area contributed by atoms with Crippen molar-refractivity contribution in [1.82, 2.24) is 0 Å². The molecule has 2 nitrogen and oxygen atoms in total. The number of aryl methyl sites for hydroxylation is 2. The maximum atomic E-state index is 12.1. The minimum Gasteiger partial charge on any atom is -0.493 e. The van der Waals surface area contributed by atoms with Gasteiger partial charge in [0, 0.05) is 0 Å². The lowest BCUT2D eigenvalue weighted by Crippen LogP contribution is -2.05. The van der Waals surface area contributed by atoms with E-state index in [1.54, 1.807) is 26.0 Å². The molecule has 0 aliphatic rings. The largest absolute Gasteiger partial charge is 0.493 e. The molecule has 0 saturated heterocycles. The Balaban J connectivity index is 3.16. The van der Waals surface area contributed by atoms with Crippen LogP contribution in [-0.4, -0.2) is 13.7 Å². The maximum absolute atomic E-state index is 12.1. The van der Waals surface area contributed by atoms with Gasteiger partial charge in [-0.1, -0.05) is 12.1 Å². The second-order valence-corrected chi connectivity index (χ2v) is 2.94. The van der Waals surface area contributed by atoms with Crippen molar-refractivity contribution in [2.24, 2.45) is 0 Å². The molecule has 1 aromatic carbocycles. The van der Waals surface area contributed by atoms with Crippen molar-refractivity contribution in [3.63, 3.8) is 0 Å². The van der Waals surface area contributed by atoms with E-state index in [0.717, 1.165) is 5.56 Å². The molecule has 78 valence electrons. The molecule has 0 bridgehead atoms. The molecule has 1 aromatic rings. The van der Waals surface area contributed by atoms with Crippen LogP contribution in [-0.2, 0) is 0 Å². The van der Waals surface area contributed by atoms with Gasteiger partial charge in [-0.25, -0.2) is 0 Å². The summed E-state index contributed by atoms with van der Waals surface area (Å²) in [6.07, 6.45) is 0. The Hall–Kier alpha value is -1.32. The van der Waals surface area contributed by atoms with Crippen LogP contribution in [0.2, 0.25) is 0 Å². The number of hydrogen-bond acceptors (Lipinski definition) is 2. The second-order valence-electron chi connectivity index (χ2n) is 2.94. The molecular formula is C10H12F2O2. The lowest BCUT2D eigenvalue weighted by molar-refractivity contribution is -0.0517. The molecule has 0 unspecified atom stereocenters. The molecule has 0 N–H and O–H groups in total. The molecule has 0 aliphatic heterocycles. The van der Waals surface area contributed by atoms with Gasteiger partial charge in [-0.15, -0.1) is 0 Å². The van der Waals surface area contributed by atoms with Crippen LogP contribution in [0.1, 0.15) is 11.1 Å². The first-order valence-electron chi connectivity index (χ1n) is 4.15. The van der Waals surface area contributed by atoms with Gasteiger partial charge < -0.3 is 9.47 Å². The van der Waals surface area contributed by atoms with Crippen molar-refractivity contribution in [2.45, 2.75) is 20.5 Å². The Labute approximate surface area is 81.4 Å². The molecule has 0 amide bonds. The fourth-order valence-corrected chi connectivity index (χ4v) is 1.25.